The molecule has 1 amide bonds. The minimum atomic E-state index is -0.926. The first kappa shape index (κ1) is 29.3. The monoisotopic (exact) mass is 601 g/mol. The van der Waals surface area contributed by atoms with Gasteiger partial charge in [-0.15, -0.1) is 10.2 Å². The number of aryl methyl sites for hydroxylation is 1. The van der Waals surface area contributed by atoms with Crippen molar-refractivity contribution in [1.82, 2.24) is 10.2 Å². The third-order valence-corrected chi connectivity index (χ3v) is 8.74. The zero-order valence-corrected chi connectivity index (χ0v) is 25.2. The zero-order chi connectivity index (χ0) is 29.6. The second kappa shape index (κ2) is 13.2. The maximum atomic E-state index is 13.6. The van der Waals surface area contributed by atoms with Gasteiger partial charge in [0.1, 0.15) is 17.3 Å². The number of hydrogen-bond donors (Lipinski definition) is 1. The Hall–Kier alpha value is -4.15. The highest BCUT2D eigenvalue weighted by atomic mass is 32.2. The number of aliphatic hydroxyl groups excluding tert-OH is 1. The van der Waals surface area contributed by atoms with Gasteiger partial charge in [-0.2, -0.15) is 0 Å². The molecule has 216 valence electrons. The molecule has 0 aliphatic carbocycles. The van der Waals surface area contributed by atoms with Gasteiger partial charge in [0, 0.05) is 11.3 Å². The fourth-order valence-corrected chi connectivity index (χ4v) is 6.38. The Morgan fingerprint density at radius 1 is 0.976 bits per heavy atom. The molecule has 4 aromatic rings. The Labute approximate surface area is 253 Å². The van der Waals surface area contributed by atoms with Gasteiger partial charge >= 0.3 is 5.91 Å². The van der Waals surface area contributed by atoms with E-state index in [4.69, 9.17) is 9.47 Å². The molecule has 1 saturated heterocycles. The van der Waals surface area contributed by atoms with Crippen molar-refractivity contribution < 1.29 is 24.2 Å². The highest BCUT2D eigenvalue weighted by Gasteiger charge is 2.48. The van der Waals surface area contributed by atoms with Crippen LogP contribution in [0.1, 0.15) is 48.6 Å². The number of carbonyl (C=O) groups is 2. The van der Waals surface area contributed by atoms with Crippen LogP contribution in [0.5, 0.6) is 11.5 Å². The molecule has 1 aromatic heterocycles. The predicted molar refractivity (Wildman–Crippen MR) is 165 cm³/mol. The van der Waals surface area contributed by atoms with E-state index in [2.05, 4.69) is 34.5 Å². The summed E-state index contributed by atoms with van der Waals surface area (Å²) in [6, 6.07) is 21.3. The number of amides is 1. The number of anilines is 1. The lowest BCUT2D eigenvalue weighted by molar-refractivity contribution is -0.132. The van der Waals surface area contributed by atoms with Gasteiger partial charge in [-0.3, -0.25) is 14.5 Å². The second-order valence-electron chi connectivity index (χ2n) is 9.67. The molecule has 3 aromatic carbocycles. The summed E-state index contributed by atoms with van der Waals surface area (Å²) >= 11 is 2.74. The molecule has 5 rings (SSSR count). The molecule has 0 radical (unpaired) electrons. The number of aliphatic hydroxyl groups is 1. The lowest BCUT2D eigenvalue weighted by atomic mass is 9.95. The van der Waals surface area contributed by atoms with Gasteiger partial charge in [-0.05, 0) is 67.8 Å². The Balaban J connectivity index is 1.53. The number of rotatable bonds is 11. The highest BCUT2D eigenvalue weighted by Crippen LogP contribution is 2.44. The minimum absolute atomic E-state index is 0.0270. The van der Waals surface area contributed by atoms with Crippen molar-refractivity contribution in [2.24, 2.45) is 0 Å². The number of hydrogen-bond acceptors (Lipinski definition) is 9. The van der Waals surface area contributed by atoms with Crippen molar-refractivity contribution in [3.8, 4) is 11.5 Å². The van der Waals surface area contributed by atoms with Crippen LogP contribution in [0.25, 0.3) is 5.76 Å². The topological polar surface area (TPSA) is 102 Å². The number of thioether (sulfide) groups is 1. The highest BCUT2D eigenvalue weighted by molar-refractivity contribution is 8.00. The average molecular weight is 602 g/mol. The molecule has 1 aliphatic heterocycles. The van der Waals surface area contributed by atoms with Crippen LogP contribution >= 0.6 is 23.1 Å². The maximum absolute atomic E-state index is 13.6. The fourth-order valence-electron chi connectivity index (χ4n) is 4.56. The molecular formula is C32H31N3O5S2. The number of nitrogens with zero attached hydrogens (tertiary/aromatic N) is 3. The van der Waals surface area contributed by atoms with Crippen molar-refractivity contribution in [3.05, 3.63) is 101 Å². The minimum Gasteiger partial charge on any atom is -0.507 e. The summed E-state index contributed by atoms with van der Waals surface area (Å²) in [5.74, 6) is 0.0753. The molecule has 42 heavy (non-hydrogen) atoms. The molecule has 0 bridgehead atoms. The molecule has 0 saturated carbocycles. The molecule has 0 spiro atoms. The van der Waals surface area contributed by atoms with E-state index < -0.39 is 17.7 Å². The van der Waals surface area contributed by atoms with Gasteiger partial charge in [0.15, 0.2) is 4.34 Å². The Kier molecular flexibility index (Phi) is 9.24. The summed E-state index contributed by atoms with van der Waals surface area (Å²) in [4.78, 5) is 28.4. The Bertz CT molecular complexity index is 1600. The summed E-state index contributed by atoms with van der Waals surface area (Å²) in [5, 5.41) is 20.3. The number of carbonyl (C=O) groups excluding carboxylic acids is 2. The first-order valence-electron chi connectivity index (χ1n) is 13.7. The first-order valence-corrected chi connectivity index (χ1v) is 15.5. The normalized spacial score (nSPS) is 16.2. The molecule has 2 heterocycles. The van der Waals surface area contributed by atoms with Crippen molar-refractivity contribution in [3.63, 3.8) is 0 Å². The van der Waals surface area contributed by atoms with Crippen LogP contribution in [0.3, 0.4) is 0 Å². The molecule has 1 aliphatic rings. The Morgan fingerprint density at radius 3 is 2.45 bits per heavy atom. The largest absolute Gasteiger partial charge is 0.507 e. The molecule has 1 fully saturated rings. The van der Waals surface area contributed by atoms with Crippen LogP contribution in [-0.4, -0.2) is 40.2 Å². The van der Waals surface area contributed by atoms with E-state index in [1.165, 1.54) is 33.6 Å². The van der Waals surface area contributed by atoms with Gasteiger partial charge in [-0.1, -0.05) is 72.0 Å². The van der Waals surface area contributed by atoms with Gasteiger partial charge in [-0.25, -0.2) is 0 Å². The Morgan fingerprint density at radius 2 is 1.74 bits per heavy atom. The summed E-state index contributed by atoms with van der Waals surface area (Å²) in [7, 11) is 0. The molecule has 8 nitrogen and oxygen atoms in total. The summed E-state index contributed by atoms with van der Waals surface area (Å²) in [5.41, 5.74) is 3.31. The van der Waals surface area contributed by atoms with Crippen molar-refractivity contribution in [2.75, 3.05) is 18.1 Å². The maximum Gasteiger partial charge on any atom is 0.301 e. The van der Waals surface area contributed by atoms with E-state index in [-0.39, 0.29) is 16.5 Å². The fraction of sp³-hybridized carbons (Fsp3) is 0.250. The van der Waals surface area contributed by atoms with Gasteiger partial charge in [0.05, 0.1) is 24.8 Å². The van der Waals surface area contributed by atoms with E-state index in [1.807, 2.05) is 32.9 Å². The van der Waals surface area contributed by atoms with Crippen LogP contribution in [0.2, 0.25) is 0 Å². The second-order valence-corrected chi connectivity index (χ2v) is 11.9. The predicted octanol–water partition coefficient (Wildman–Crippen LogP) is 6.95. The third kappa shape index (κ3) is 6.34. The van der Waals surface area contributed by atoms with E-state index >= 15 is 0 Å². The molecule has 1 atom stereocenters. The number of benzene rings is 3. The van der Waals surface area contributed by atoms with E-state index in [9.17, 15) is 14.7 Å². The van der Waals surface area contributed by atoms with Crippen molar-refractivity contribution in [2.45, 2.75) is 43.3 Å². The smallest absolute Gasteiger partial charge is 0.301 e. The van der Waals surface area contributed by atoms with Crippen LogP contribution in [-0.2, 0) is 15.3 Å². The van der Waals surface area contributed by atoms with Crippen LogP contribution in [0.4, 0.5) is 5.13 Å². The molecular weight excluding hydrogens is 571 g/mol. The lowest BCUT2D eigenvalue weighted by Crippen LogP contribution is -2.29. The standard InChI is InChI=1S/C32H31N3O5S2/c1-4-17-40-25-8-6-7-23(18-25)27-26(28(36)22-13-15-24(16-14-22)39-5-2)29(37)30(38)35(27)31-33-34-32(42-31)41-19-21-11-9-20(3)10-12-21/h6-16,18,27,36H,4-5,17,19H2,1-3H3/b28-26+. The summed E-state index contributed by atoms with van der Waals surface area (Å²) in [6.45, 7) is 6.96. The van der Waals surface area contributed by atoms with E-state index in [1.54, 1.807) is 36.4 Å². The van der Waals surface area contributed by atoms with Crippen molar-refractivity contribution >= 4 is 45.7 Å². The van der Waals surface area contributed by atoms with Crippen LogP contribution < -0.4 is 14.4 Å². The quantitative estimate of drug-likeness (QED) is 0.0648. The van der Waals surface area contributed by atoms with Crippen LogP contribution in [0, 0.1) is 6.92 Å². The summed E-state index contributed by atoms with van der Waals surface area (Å²) in [6.07, 6.45) is 0.828. The number of ether oxygens (including phenoxy) is 2. The molecule has 1 N–H and O–H groups in total. The van der Waals surface area contributed by atoms with E-state index in [0.717, 1.165) is 12.0 Å². The van der Waals surface area contributed by atoms with Crippen molar-refractivity contribution in [1.29, 1.82) is 0 Å². The number of aromatic nitrogens is 2. The SMILES string of the molecule is CCCOc1cccc(C2/C(=C(\O)c3ccc(OCC)cc3)C(=O)C(=O)N2c2nnc(SCc3ccc(C)cc3)s2)c1. The third-order valence-electron chi connectivity index (χ3n) is 6.61. The lowest BCUT2D eigenvalue weighted by Gasteiger charge is -2.23. The van der Waals surface area contributed by atoms with E-state index in [0.29, 0.717) is 45.9 Å². The molecule has 1 unspecified atom stereocenters. The average Bonchev–Trinajstić information content (AvgIpc) is 3.58. The number of Topliss-reactive ketones (excluding diaryl/α,β-unsaturated/α-hetero) is 1. The molecule has 10 heteroatoms. The van der Waals surface area contributed by atoms with Crippen LogP contribution in [0.15, 0.2) is 82.7 Å². The van der Waals surface area contributed by atoms with Gasteiger partial charge in [0.2, 0.25) is 5.13 Å². The zero-order valence-electron chi connectivity index (χ0n) is 23.6. The summed E-state index contributed by atoms with van der Waals surface area (Å²) < 4.78 is 12.0. The van der Waals surface area contributed by atoms with Gasteiger partial charge < -0.3 is 14.6 Å². The first-order chi connectivity index (χ1) is 20.4. The van der Waals surface area contributed by atoms with Gasteiger partial charge in [0.25, 0.3) is 5.78 Å². The number of ketones is 1.